The van der Waals surface area contributed by atoms with E-state index in [9.17, 15) is 13.2 Å². The molecule has 0 fully saturated rings. The van der Waals surface area contributed by atoms with Crippen LogP contribution in [0.25, 0.3) is 0 Å². The van der Waals surface area contributed by atoms with Crippen LogP contribution in [0.5, 0.6) is 0 Å². The summed E-state index contributed by atoms with van der Waals surface area (Å²) in [5.74, 6) is -1.10. The van der Waals surface area contributed by atoms with Gasteiger partial charge in [0, 0.05) is 12.4 Å². The maximum absolute atomic E-state index is 11.2. The van der Waals surface area contributed by atoms with E-state index >= 15 is 0 Å². The van der Waals surface area contributed by atoms with Gasteiger partial charge in [0.25, 0.3) is 0 Å². The number of sulfonamides is 1. The number of ether oxygens (including phenoxy) is 1. The van der Waals surface area contributed by atoms with Crippen molar-refractivity contribution < 1.29 is 17.9 Å². The minimum absolute atomic E-state index is 0.120. The number of rotatable bonds is 7. The number of carbonyl (C=O) groups excluding carboxylic acids is 1. The fraction of sp³-hybridized carbons (Fsp3) is 0.625. The van der Waals surface area contributed by atoms with Crippen molar-refractivity contribution in [3.63, 3.8) is 0 Å². The van der Waals surface area contributed by atoms with Gasteiger partial charge in [-0.05, 0) is 6.92 Å². The molecule has 88 valence electrons. The molecule has 15 heavy (non-hydrogen) atoms. The monoisotopic (exact) mass is 255 g/mol. The van der Waals surface area contributed by atoms with Crippen LogP contribution in [0, 0.1) is 0 Å². The third-order valence-corrected chi connectivity index (χ3v) is 2.69. The molecule has 0 aliphatic heterocycles. The standard InChI is InChI=1S/C8H14ClNO4S/c1-2-14-8(11)7-15(12,13)10-6-4-3-5-9/h3-4,10H,2,5-7H2,1H3/b4-3+. The molecular formula is C8H14ClNO4S. The van der Waals surface area contributed by atoms with Crippen LogP contribution < -0.4 is 4.72 Å². The second-order valence-electron chi connectivity index (χ2n) is 2.54. The summed E-state index contributed by atoms with van der Waals surface area (Å²) in [7, 11) is -3.60. The molecule has 0 bridgehead atoms. The molecule has 0 atom stereocenters. The Hall–Kier alpha value is -0.590. The van der Waals surface area contributed by atoms with Crippen molar-refractivity contribution in [2.45, 2.75) is 6.92 Å². The second kappa shape index (κ2) is 7.67. The number of carbonyl (C=O) groups is 1. The summed E-state index contributed by atoms with van der Waals surface area (Å²) in [6, 6.07) is 0. The molecule has 0 saturated carbocycles. The van der Waals surface area contributed by atoms with E-state index in [1.807, 2.05) is 0 Å². The van der Waals surface area contributed by atoms with Crippen LogP contribution in [0.3, 0.4) is 0 Å². The number of hydrogen-bond donors (Lipinski definition) is 1. The summed E-state index contributed by atoms with van der Waals surface area (Å²) in [4.78, 5) is 10.9. The van der Waals surface area contributed by atoms with Gasteiger partial charge in [-0.3, -0.25) is 4.79 Å². The normalized spacial score (nSPS) is 11.9. The number of hydrogen-bond acceptors (Lipinski definition) is 4. The molecule has 1 N–H and O–H groups in total. The van der Waals surface area contributed by atoms with E-state index in [0.29, 0.717) is 5.88 Å². The molecule has 0 rings (SSSR count). The Kier molecular flexibility index (Phi) is 7.37. The number of nitrogens with one attached hydrogen (secondary N) is 1. The number of halogens is 1. The topological polar surface area (TPSA) is 72.5 Å². The Morgan fingerprint density at radius 3 is 2.67 bits per heavy atom. The van der Waals surface area contributed by atoms with E-state index in [4.69, 9.17) is 11.6 Å². The quantitative estimate of drug-likeness (QED) is 0.403. The lowest BCUT2D eigenvalue weighted by atomic mass is 10.5. The van der Waals surface area contributed by atoms with E-state index in [1.54, 1.807) is 19.1 Å². The van der Waals surface area contributed by atoms with Gasteiger partial charge in [-0.25, -0.2) is 13.1 Å². The number of allylic oxidation sites excluding steroid dienone is 1. The summed E-state index contributed by atoms with van der Waals surface area (Å²) in [5, 5.41) is 0. The van der Waals surface area contributed by atoms with Gasteiger partial charge in [0.1, 0.15) is 0 Å². The van der Waals surface area contributed by atoms with E-state index < -0.39 is 21.7 Å². The van der Waals surface area contributed by atoms with Crippen LogP contribution >= 0.6 is 11.6 Å². The minimum Gasteiger partial charge on any atom is -0.465 e. The van der Waals surface area contributed by atoms with E-state index in [0.717, 1.165) is 0 Å². The average molecular weight is 256 g/mol. The zero-order chi connectivity index (χ0) is 11.7. The van der Waals surface area contributed by atoms with Crippen molar-refractivity contribution >= 4 is 27.6 Å². The first-order chi connectivity index (χ1) is 7.02. The summed E-state index contributed by atoms with van der Waals surface area (Å²) in [6.45, 7) is 1.90. The zero-order valence-corrected chi connectivity index (χ0v) is 9.97. The molecule has 0 aliphatic carbocycles. The van der Waals surface area contributed by atoms with Gasteiger partial charge in [-0.15, -0.1) is 11.6 Å². The summed E-state index contributed by atoms with van der Waals surface area (Å²) in [6.07, 6.45) is 3.17. The third-order valence-electron chi connectivity index (χ3n) is 1.29. The van der Waals surface area contributed by atoms with E-state index in [-0.39, 0.29) is 13.2 Å². The molecule has 0 aromatic rings. The molecule has 0 aromatic heterocycles. The highest BCUT2D eigenvalue weighted by atomic mass is 35.5. The fourth-order valence-corrected chi connectivity index (χ4v) is 1.70. The van der Waals surface area contributed by atoms with Crippen LogP contribution in [0.4, 0.5) is 0 Å². The Morgan fingerprint density at radius 1 is 1.47 bits per heavy atom. The predicted octanol–water partition coefficient (Wildman–Crippen LogP) is 0.264. The highest BCUT2D eigenvalue weighted by Gasteiger charge is 2.15. The van der Waals surface area contributed by atoms with Crippen molar-refractivity contribution in [1.82, 2.24) is 4.72 Å². The van der Waals surface area contributed by atoms with Gasteiger partial charge in [-0.2, -0.15) is 0 Å². The molecule has 0 saturated heterocycles. The van der Waals surface area contributed by atoms with Crippen LogP contribution in [-0.4, -0.2) is 39.2 Å². The molecule has 0 aromatic carbocycles. The van der Waals surface area contributed by atoms with Crippen molar-refractivity contribution in [1.29, 1.82) is 0 Å². The van der Waals surface area contributed by atoms with Crippen LogP contribution in [-0.2, 0) is 19.6 Å². The number of alkyl halides is 1. The second-order valence-corrected chi connectivity index (χ2v) is 4.65. The molecule has 0 heterocycles. The van der Waals surface area contributed by atoms with Crippen molar-refractivity contribution in [3.8, 4) is 0 Å². The van der Waals surface area contributed by atoms with Crippen molar-refractivity contribution in [3.05, 3.63) is 12.2 Å². The van der Waals surface area contributed by atoms with Gasteiger partial charge in [-0.1, -0.05) is 12.2 Å². The minimum atomic E-state index is -3.60. The third kappa shape index (κ3) is 8.41. The molecule has 0 amide bonds. The van der Waals surface area contributed by atoms with E-state index in [1.165, 1.54) is 0 Å². The van der Waals surface area contributed by atoms with Gasteiger partial charge >= 0.3 is 5.97 Å². The molecule has 7 heteroatoms. The lowest BCUT2D eigenvalue weighted by molar-refractivity contribution is -0.139. The van der Waals surface area contributed by atoms with E-state index in [2.05, 4.69) is 9.46 Å². The Bertz CT molecular complexity index is 313. The number of esters is 1. The summed E-state index contributed by atoms with van der Waals surface area (Å²) in [5.41, 5.74) is 0. The highest BCUT2D eigenvalue weighted by molar-refractivity contribution is 7.90. The van der Waals surface area contributed by atoms with Gasteiger partial charge in [0.05, 0.1) is 6.61 Å². The first kappa shape index (κ1) is 14.4. The lowest BCUT2D eigenvalue weighted by Crippen LogP contribution is -2.31. The smallest absolute Gasteiger partial charge is 0.322 e. The fourth-order valence-electron chi connectivity index (χ4n) is 0.730. The van der Waals surface area contributed by atoms with Crippen LogP contribution in [0.15, 0.2) is 12.2 Å². The molecule has 0 unspecified atom stereocenters. The van der Waals surface area contributed by atoms with Crippen molar-refractivity contribution in [2.24, 2.45) is 0 Å². The van der Waals surface area contributed by atoms with Gasteiger partial charge in [0.15, 0.2) is 5.75 Å². The zero-order valence-electron chi connectivity index (χ0n) is 8.40. The van der Waals surface area contributed by atoms with Gasteiger partial charge < -0.3 is 4.74 Å². The predicted molar refractivity (Wildman–Crippen MR) is 58.3 cm³/mol. The Labute approximate surface area is 94.5 Å². The Balaban J connectivity index is 3.97. The first-order valence-corrected chi connectivity index (χ1v) is 6.54. The highest BCUT2D eigenvalue weighted by Crippen LogP contribution is 1.88. The molecule has 5 nitrogen and oxygen atoms in total. The van der Waals surface area contributed by atoms with Crippen LogP contribution in [0.1, 0.15) is 6.92 Å². The summed E-state index contributed by atoms with van der Waals surface area (Å²) >= 11 is 5.34. The average Bonchev–Trinajstić information content (AvgIpc) is 2.12. The maximum Gasteiger partial charge on any atom is 0.322 e. The largest absolute Gasteiger partial charge is 0.465 e. The molecule has 0 radical (unpaired) electrons. The first-order valence-electron chi connectivity index (χ1n) is 4.35. The SMILES string of the molecule is CCOC(=O)CS(=O)(=O)NC/C=C/CCl. The Morgan fingerprint density at radius 2 is 2.13 bits per heavy atom. The maximum atomic E-state index is 11.2. The van der Waals surface area contributed by atoms with Crippen LogP contribution in [0.2, 0.25) is 0 Å². The summed E-state index contributed by atoms with van der Waals surface area (Å²) < 4.78 is 29.1. The molecule has 0 spiro atoms. The molecule has 0 aliphatic rings. The molecular weight excluding hydrogens is 242 g/mol. The lowest BCUT2D eigenvalue weighted by Gasteiger charge is -2.03. The van der Waals surface area contributed by atoms with Crippen molar-refractivity contribution in [2.75, 3.05) is 24.8 Å². The van der Waals surface area contributed by atoms with Gasteiger partial charge in [0.2, 0.25) is 10.0 Å².